The number of aromatic amines is 1. The molecule has 0 spiro atoms. The number of alkyl carbamates (subject to hydrolysis) is 1. The van der Waals surface area contributed by atoms with Gasteiger partial charge in [0.15, 0.2) is 5.82 Å². The standard InChI is InChI=1S/C15H19ClN4O2/c1-9(19-14(21)22-15(2,3)4)10-5-6-12(16)11(7-10)13-17-8-18-20-13/h5-9H,1-4H3,(H,19,21)(H,17,18,20)/t9-/m0/s1. The minimum absolute atomic E-state index is 0.228. The number of rotatable bonds is 3. The first-order chi connectivity index (χ1) is 10.3. The van der Waals surface area contributed by atoms with Crippen LogP contribution >= 0.6 is 11.6 Å². The van der Waals surface area contributed by atoms with Gasteiger partial charge in [0, 0.05) is 5.56 Å². The molecule has 0 unspecified atom stereocenters. The lowest BCUT2D eigenvalue weighted by Gasteiger charge is -2.22. The Hall–Kier alpha value is -2.08. The number of nitrogens with one attached hydrogen (secondary N) is 2. The molecule has 7 heteroatoms. The zero-order valence-electron chi connectivity index (χ0n) is 13.0. The van der Waals surface area contributed by atoms with Gasteiger partial charge in [-0.3, -0.25) is 5.10 Å². The van der Waals surface area contributed by atoms with Crippen LogP contribution in [0.15, 0.2) is 24.5 Å². The van der Waals surface area contributed by atoms with E-state index >= 15 is 0 Å². The van der Waals surface area contributed by atoms with Crippen molar-refractivity contribution in [2.24, 2.45) is 0 Å². The number of amides is 1. The average molecular weight is 323 g/mol. The van der Waals surface area contributed by atoms with Gasteiger partial charge >= 0.3 is 6.09 Å². The average Bonchev–Trinajstić information content (AvgIpc) is 2.90. The fourth-order valence-corrected chi connectivity index (χ4v) is 2.10. The molecule has 0 saturated heterocycles. The van der Waals surface area contributed by atoms with E-state index in [2.05, 4.69) is 20.5 Å². The smallest absolute Gasteiger partial charge is 0.408 e. The molecule has 118 valence electrons. The van der Waals surface area contributed by atoms with Crippen LogP contribution in [-0.2, 0) is 4.74 Å². The molecule has 0 bridgehead atoms. The topological polar surface area (TPSA) is 79.9 Å². The minimum atomic E-state index is -0.533. The third-order valence-electron chi connectivity index (χ3n) is 2.89. The second-order valence-electron chi connectivity index (χ2n) is 5.94. The highest BCUT2D eigenvalue weighted by molar-refractivity contribution is 6.33. The molecule has 0 radical (unpaired) electrons. The number of hydrogen-bond acceptors (Lipinski definition) is 4. The number of hydrogen-bond donors (Lipinski definition) is 2. The summed E-state index contributed by atoms with van der Waals surface area (Å²) in [5.41, 5.74) is 1.09. The molecule has 1 atom stereocenters. The van der Waals surface area contributed by atoms with Gasteiger partial charge in [-0.25, -0.2) is 9.78 Å². The maximum atomic E-state index is 11.8. The molecule has 1 aromatic heterocycles. The summed E-state index contributed by atoms with van der Waals surface area (Å²) >= 11 is 6.19. The highest BCUT2D eigenvalue weighted by atomic mass is 35.5. The number of nitrogens with zero attached hydrogens (tertiary/aromatic N) is 2. The first kappa shape index (κ1) is 16.3. The lowest BCUT2D eigenvalue weighted by molar-refractivity contribution is 0.0508. The minimum Gasteiger partial charge on any atom is -0.444 e. The van der Waals surface area contributed by atoms with Crippen molar-refractivity contribution in [3.8, 4) is 11.4 Å². The summed E-state index contributed by atoms with van der Waals surface area (Å²) in [6.45, 7) is 7.34. The van der Waals surface area contributed by atoms with Crippen molar-refractivity contribution >= 4 is 17.7 Å². The van der Waals surface area contributed by atoms with E-state index < -0.39 is 11.7 Å². The van der Waals surface area contributed by atoms with Crippen molar-refractivity contribution in [3.05, 3.63) is 35.1 Å². The predicted molar refractivity (Wildman–Crippen MR) is 84.6 cm³/mol. The number of halogens is 1. The van der Waals surface area contributed by atoms with Crippen LogP contribution in [0.2, 0.25) is 5.02 Å². The van der Waals surface area contributed by atoms with Crippen LogP contribution in [0, 0.1) is 0 Å². The SMILES string of the molecule is C[C@H](NC(=O)OC(C)(C)C)c1ccc(Cl)c(-c2ncn[nH]2)c1. The zero-order chi connectivity index (χ0) is 16.3. The Morgan fingerprint density at radius 1 is 1.41 bits per heavy atom. The molecule has 0 aliphatic carbocycles. The van der Waals surface area contributed by atoms with Crippen molar-refractivity contribution in [2.45, 2.75) is 39.3 Å². The maximum Gasteiger partial charge on any atom is 0.408 e. The number of carbonyl (C=O) groups excluding carboxylic acids is 1. The largest absolute Gasteiger partial charge is 0.444 e. The molecule has 1 amide bonds. The van der Waals surface area contributed by atoms with E-state index in [0.29, 0.717) is 10.8 Å². The van der Waals surface area contributed by atoms with Crippen LogP contribution in [0.25, 0.3) is 11.4 Å². The molecular weight excluding hydrogens is 304 g/mol. The predicted octanol–water partition coefficient (Wildman–Crippen LogP) is 3.71. The zero-order valence-corrected chi connectivity index (χ0v) is 13.7. The second kappa shape index (κ2) is 6.36. The van der Waals surface area contributed by atoms with Gasteiger partial charge in [-0.05, 0) is 45.4 Å². The van der Waals surface area contributed by atoms with Crippen LogP contribution in [-0.4, -0.2) is 26.9 Å². The second-order valence-corrected chi connectivity index (χ2v) is 6.35. The Labute approximate surface area is 134 Å². The van der Waals surface area contributed by atoms with E-state index in [1.165, 1.54) is 6.33 Å². The lowest BCUT2D eigenvalue weighted by atomic mass is 10.0. The maximum absolute atomic E-state index is 11.8. The number of aromatic nitrogens is 3. The highest BCUT2D eigenvalue weighted by Crippen LogP contribution is 2.28. The Bertz CT molecular complexity index is 650. The van der Waals surface area contributed by atoms with Crippen molar-refractivity contribution in [1.29, 1.82) is 0 Å². The summed E-state index contributed by atoms with van der Waals surface area (Å²) in [7, 11) is 0. The number of ether oxygens (including phenoxy) is 1. The summed E-state index contributed by atoms with van der Waals surface area (Å²) < 4.78 is 5.25. The first-order valence-electron chi connectivity index (χ1n) is 6.91. The van der Waals surface area contributed by atoms with Crippen LogP contribution in [0.1, 0.15) is 39.3 Å². The molecule has 0 aliphatic rings. The van der Waals surface area contributed by atoms with Crippen LogP contribution in [0.3, 0.4) is 0 Å². The van der Waals surface area contributed by atoms with Crippen molar-refractivity contribution in [3.63, 3.8) is 0 Å². The van der Waals surface area contributed by atoms with E-state index in [0.717, 1.165) is 11.1 Å². The number of carbonyl (C=O) groups is 1. The summed E-state index contributed by atoms with van der Waals surface area (Å²) in [6.07, 6.45) is 0.955. The van der Waals surface area contributed by atoms with Gasteiger partial charge in [0.1, 0.15) is 11.9 Å². The van der Waals surface area contributed by atoms with Gasteiger partial charge in [-0.2, -0.15) is 5.10 Å². The fraction of sp³-hybridized carbons (Fsp3) is 0.400. The van der Waals surface area contributed by atoms with Gasteiger partial charge in [-0.1, -0.05) is 17.7 Å². The molecule has 0 saturated carbocycles. The first-order valence-corrected chi connectivity index (χ1v) is 7.29. The van der Waals surface area contributed by atoms with Gasteiger partial charge in [0.05, 0.1) is 11.1 Å². The summed E-state index contributed by atoms with van der Waals surface area (Å²) in [5.74, 6) is 0.580. The quantitative estimate of drug-likeness (QED) is 0.902. The molecular formula is C15H19ClN4O2. The molecule has 1 heterocycles. The Kier molecular flexibility index (Phi) is 4.71. The van der Waals surface area contributed by atoms with E-state index in [1.54, 1.807) is 6.07 Å². The summed E-state index contributed by atoms with van der Waals surface area (Å²) in [4.78, 5) is 15.9. The number of benzene rings is 1. The molecule has 1 aromatic carbocycles. The molecule has 0 fully saturated rings. The molecule has 6 nitrogen and oxygen atoms in total. The molecule has 22 heavy (non-hydrogen) atoms. The normalized spacial score (nSPS) is 12.8. The summed E-state index contributed by atoms with van der Waals surface area (Å²) in [5, 5.41) is 9.95. The van der Waals surface area contributed by atoms with Crippen molar-refractivity contribution < 1.29 is 9.53 Å². The highest BCUT2D eigenvalue weighted by Gasteiger charge is 2.19. The van der Waals surface area contributed by atoms with Crippen molar-refractivity contribution in [1.82, 2.24) is 20.5 Å². The van der Waals surface area contributed by atoms with E-state index in [9.17, 15) is 4.79 Å². The van der Waals surface area contributed by atoms with Gasteiger partial charge in [-0.15, -0.1) is 0 Å². The van der Waals surface area contributed by atoms with Crippen molar-refractivity contribution in [2.75, 3.05) is 0 Å². The Morgan fingerprint density at radius 3 is 2.73 bits per heavy atom. The molecule has 2 N–H and O–H groups in total. The van der Waals surface area contributed by atoms with Crippen LogP contribution < -0.4 is 5.32 Å². The molecule has 2 aromatic rings. The fourth-order valence-electron chi connectivity index (χ4n) is 1.90. The Balaban J connectivity index is 2.15. The van der Waals surface area contributed by atoms with E-state index in [1.807, 2.05) is 39.8 Å². The third kappa shape index (κ3) is 4.21. The third-order valence-corrected chi connectivity index (χ3v) is 3.22. The molecule has 2 rings (SSSR count). The van der Waals surface area contributed by atoms with E-state index in [4.69, 9.17) is 16.3 Å². The molecule has 0 aliphatic heterocycles. The van der Waals surface area contributed by atoms with E-state index in [-0.39, 0.29) is 6.04 Å². The van der Waals surface area contributed by atoms with Gasteiger partial charge in [0.25, 0.3) is 0 Å². The van der Waals surface area contributed by atoms with Crippen LogP contribution in [0.4, 0.5) is 4.79 Å². The van der Waals surface area contributed by atoms with Gasteiger partial charge < -0.3 is 10.1 Å². The number of H-pyrrole nitrogens is 1. The lowest BCUT2D eigenvalue weighted by Crippen LogP contribution is -2.34. The van der Waals surface area contributed by atoms with Gasteiger partial charge in [0.2, 0.25) is 0 Å². The summed E-state index contributed by atoms with van der Waals surface area (Å²) in [6, 6.07) is 5.26. The van der Waals surface area contributed by atoms with Crippen LogP contribution in [0.5, 0.6) is 0 Å². The monoisotopic (exact) mass is 322 g/mol. The Morgan fingerprint density at radius 2 is 2.14 bits per heavy atom.